The topological polar surface area (TPSA) is 35.6 Å². The minimum absolute atomic E-state index is 0.0189. The predicted octanol–water partition coefficient (Wildman–Crippen LogP) is 2.24. The van der Waals surface area contributed by atoms with Crippen LogP contribution in [0, 0.1) is 0 Å². The van der Waals surface area contributed by atoms with Crippen molar-refractivity contribution < 1.29 is 4.79 Å². The van der Waals surface area contributed by atoms with E-state index in [0.717, 1.165) is 26.1 Å². The molecule has 0 spiro atoms. The maximum atomic E-state index is 13.0. The Morgan fingerprint density at radius 3 is 2.48 bits per heavy atom. The highest BCUT2D eigenvalue weighted by molar-refractivity contribution is 5.81. The van der Waals surface area contributed by atoms with Gasteiger partial charge in [0.05, 0.1) is 6.04 Å². The van der Waals surface area contributed by atoms with Gasteiger partial charge in [-0.05, 0) is 59.4 Å². The smallest absolute Gasteiger partial charge is 0.239 e. The molecule has 1 N–H and O–H groups in total. The highest BCUT2D eigenvalue weighted by atomic mass is 16.2. The number of nitrogens with zero attached hydrogens (tertiary/aromatic N) is 2. The molecule has 2 rings (SSSR count). The van der Waals surface area contributed by atoms with E-state index in [1.165, 1.54) is 25.7 Å². The zero-order chi connectivity index (χ0) is 15.4. The van der Waals surface area contributed by atoms with Crippen molar-refractivity contribution in [3.8, 4) is 0 Å². The second kappa shape index (κ2) is 7.59. The molecule has 0 aliphatic carbocycles. The Kier molecular flexibility index (Phi) is 6.06. The first-order chi connectivity index (χ1) is 10.0. The summed E-state index contributed by atoms with van der Waals surface area (Å²) in [7, 11) is 0. The SMILES string of the molecule is CCCN(CC1CCCN1)C(=O)C(C)N1C(C)CCC1C. The van der Waals surface area contributed by atoms with Crippen molar-refractivity contribution in [1.82, 2.24) is 15.1 Å². The molecule has 2 aliphatic heterocycles. The highest BCUT2D eigenvalue weighted by Gasteiger charge is 2.36. The summed E-state index contributed by atoms with van der Waals surface area (Å²) in [5, 5.41) is 3.52. The Bertz CT molecular complexity index is 331. The second-order valence-corrected chi connectivity index (χ2v) is 6.98. The molecule has 0 bridgehead atoms. The van der Waals surface area contributed by atoms with Crippen molar-refractivity contribution in [3.63, 3.8) is 0 Å². The van der Waals surface area contributed by atoms with Gasteiger partial charge in [0.25, 0.3) is 0 Å². The van der Waals surface area contributed by atoms with Crippen molar-refractivity contribution >= 4 is 5.91 Å². The molecule has 4 unspecified atom stereocenters. The van der Waals surface area contributed by atoms with Crippen LogP contribution in [0.25, 0.3) is 0 Å². The Labute approximate surface area is 130 Å². The zero-order valence-electron chi connectivity index (χ0n) is 14.3. The van der Waals surface area contributed by atoms with E-state index in [0.29, 0.717) is 24.0 Å². The Balaban J connectivity index is 1.98. The average Bonchev–Trinajstić information content (AvgIpc) is 3.07. The van der Waals surface area contributed by atoms with E-state index in [4.69, 9.17) is 0 Å². The van der Waals surface area contributed by atoms with Crippen molar-refractivity contribution in [3.05, 3.63) is 0 Å². The van der Waals surface area contributed by atoms with E-state index in [1.54, 1.807) is 0 Å². The summed E-state index contributed by atoms with van der Waals surface area (Å²) in [5.74, 6) is 0.325. The van der Waals surface area contributed by atoms with E-state index in [1.807, 2.05) is 0 Å². The molecule has 0 aromatic rings. The van der Waals surface area contributed by atoms with Gasteiger partial charge in [0.15, 0.2) is 0 Å². The molecule has 2 saturated heterocycles. The summed E-state index contributed by atoms with van der Waals surface area (Å²) < 4.78 is 0. The van der Waals surface area contributed by atoms with Crippen LogP contribution in [-0.2, 0) is 4.79 Å². The molecule has 4 atom stereocenters. The monoisotopic (exact) mass is 295 g/mol. The minimum atomic E-state index is 0.0189. The third kappa shape index (κ3) is 3.98. The Morgan fingerprint density at radius 1 is 1.29 bits per heavy atom. The number of carbonyl (C=O) groups excluding carboxylic acids is 1. The lowest BCUT2D eigenvalue weighted by Crippen LogP contribution is -2.52. The van der Waals surface area contributed by atoms with Gasteiger partial charge in [0, 0.05) is 31.2 Å². The molecule has 2 aliphatic rings. The van der Waals surface area contributed by atoms with Crippen LogP contribution < -0.4 is 5.32 Å². The van der Waals surface area contributed by atoms with Gasteiger partial charge in [-0.25, -0.2) is 0 Å². The first-order valence-electron chi connectivity index (χ1n) is 8.84. The summed E-state index contributed by atoms with van der Waals surface area (Å²) in [6.07, 6.45) is 5.93. The molecule has 0 aromatic heterocycles. The van der Waals surface area contributed by atoms with Crippen LogP contribution in [0.4, 0.5) is 0 Å². The third-order valence-corrected chi connectivity index (χ3v) is 5.23. The van der Waals surface area contributed by atoms with Crippen molar-refractivity contribution in [2.45, 2.75) is 84.0 Å². The third-order valence-electron chi connectivity index (χ3n) is 5.23. The van der Waals surface area contributed by atoms with Crippen LogP contribution in [0.5, 0.6) is 0 Å². The summed E-state index contributed by atoms with van der Waals surface area (Å²) >= 11 is 0. The van der Waals surface area contributed by atoms with Crippen LogP contribution in [0.2, 0.25) is 0 Å². The Morgan fingerprint density at radius 2 is 1.95 bits per heavy atom. The average molecular weight is 295 g/mol. The molecule has 4 heteroatoms. The van der Waals surface area contributed by atoms with Crippen LogP contribution >= 0.6 is 0 Å². The van der Waals surface area contributed by atoms with Gasteiger partial charge in [-0.3, -0.25) is 9.69 Å². The molecule has 1 amide bonds. The number of carbonyl (C=O) groups is 1. The van der Waals surface area contributed by atoms with Gasteiger partial charge in [0.2, 0.25) is 5.91 Å². The predicted molar refractivity (Wildman–Crippen MR) is 87.4 cm³/mol. The van der Waals surface area contributed by atoms with Crippen molar-refractivity contribution in [2.75, 3.05) is 19.6 Å². The summed E-state index contributed by atoms with van der Waals surface area (Å²) in [5.41, 5.74) is 0. The Hall–Kier alpha value is -0.610. The van der Waals surface area contributed by atoms with Gasteiger partial charge in [-0.2, -0.15) is 0 Å². The fourth-order valence-electron chi connectivity index (χ4n) is 4.11. The van der Waals surface area contributed by atoms with Crippen LogP contribution in [-0.4, -0.2) is 59.5 Å². The molecule has 0 saturated carbocycles. The van der Waals surface area contributed by atoms with Crippen LogP contribution in [0.1, 0.15) is 59.8 Å². The molecule has 2 heterocycles. The normalized spacial score (nSPS) is 31.5. The van der Waals surface area contributed by atoms with Crippen LogP contribution in [0.15, 0.2) is 0 Å². The van der Waals surface area contributed by atoms with E-state index < -0.39 is 0 Å². The number of nitrogens with one attached hydrogen (secondary N) is 1. The van der Waals surface area contributed by atoms with E-state index >= 15 is 0 Å². The molecule has 4 nitrogen and oxygen atoms in total. The quantitative estimate of drug-likeness (QED) is 0.816. The lowest BCUT2D eigenvalue weighted by molar-refractivity contribution is -0.137. The van der Waals surface area contributed by atoms with E-state index in [-0.39, 0.29) is 6.04 Å². The van der Waals surface area contributed by atoms with E-state index in [9.17, 15) is 4.79 Å². The first-order valence-corrected chi connectivity index (χ1v) is 8.84. The highest BCUT2D eigenvalue weighted by Crippen LogP contribution is 2.26. The van der Waals surface area contributed by atoms with Gasteiger partial charge >= 0.3 is 0 Å². The van der Waals surface area contributed by atoms with E-state index in [2.05, 4.69) is 42.8 Å². The number of amides is 1. The molecule has 21 heavy (non-hydrogen) atoms. The molecule has 2 fully saturated rings. The fraction of sp³-hybridized carbons (Fsp3) is 0.941. The van der Waals surface area contributed by atoms with Gasteiger partial charge < -0.3 is 10.2 Å². The first kappa shape index (κ1) is 16.8. The lowest BCUT2D eigenvalue weighted by Gasteiger charge is -2.36. The standard InChI is InChI=1S/C17H33N3O/c1-5-11-19(12-16-7-6-10-18-16)17(21)15(4)20-13(2)8-9-14(20)3/h13-16,18H,5-12H2,1-4H3. The number of likely N-dealkylation sites (tertiary alicyclic amines) is 1. The summed E-state index contributed by atoms with van der Waals surface area (Å²) in [4.78, 5) is 17.5. The van der Waals surface area contributed by atoms with Crippen molar-refractivity contribution in [1.29, 1.82) is 0 Å². The van der Waals surface area contributed by atoms with Gasteiger partial charge in [-0.1, -0.05) is 6.92 Å². The van der Waals surface area contributed by atoms with Gasteiger partial charge in [0.1, 0.15) is 0 Å². The maximum absolute atomic E-state index is 13.0. The largest absolute Gasteiger partial charge is 0.340 e. The molecule has 0 radical (unpaired) electrons. The molecular weight excluding hydrogens is 262 g/mol. The fourth-order valence-corrected chi connectivity index (χ4v) is 4.11. The molecule has 0 aromatic carbocycles. The van der Waals surface area contributed by atoms with Gasteiger partial charge in [-0.15, -0.1) is 0 Å². The number of rotatable bonds is 6. The number of hydrogen-bond donors (Lipinski definition) is 1. The second-order valence-electron chi connectivity index (χ2n) is 6.98. The van der Waals surface area contributed by atoms with Crippen LogP contribution in [0.3, 0.4) is 0 Å². The zero-order valence-corrected chi connectivity index (χ0v) is 14.3. The minimum Gasteiger partial charge on any atom is -0.340 e. The molecule has 122 valence electrons. The molecular formula is C17H33N3O. The summed E-state index contributed by atoms with van der Waals surface area (Å²) in [6.45, 7) is 11.7. The van der Waals surface area contributed by atoms with Crippen molar-refractivity contribution in [2.24, 2.45) is 0 Å². The number of hydrogen-bond acceptors (Lipinski definition) is 3. The lowest BCUT2D eigenvalue weighted by atomic mass is 10.1. The summed E-state index contributed by atoms with van der Waals surface area (Å²) in [6, 6.07) is 1.59. The maximum Gasteiger partial charge on any atom is 0.239 e.